The van der Waals surface area contributed by atoms with E-state index in [1.807, 2.05) is 0 Å². The molecule has 0 radical (unpaired) electrons. The second kappa shape index (κ2) is 5.52. The third-order valence-corrected chi connectivity index (χ3v) is 3.11. The summed E-state index contributed by atoms with van der Waals surface area (Å²) in [5.74, 6) is 1.01. The number of benzene rings is 1. The Labute approximate surface area is 103 Å². The highest BCUT2D eigenvalue weighted by molar-refractivity contribution is 5.39. The zero-order valence-corrected chi connectivity index (χ0v) is 10.8. The second-order valence-corrected chi connectivity index (χ2v) is 4.78. The maximum atomic E-state index is 5.90. The fourth-order valence-electron chi connectivity index (χ4n) is 2.05. The zero-order valence-electron chi connectivity index (χ0n) is 10.8. The quantitative estimate of drug-likeness (QED) is 0.870. The summed E-state index contributed by atoms with van der Waals surface area (Å²) in [6, 6.07) is 6.51. The first kappa shape index (κ1) is 12.4. The van der Waals surface area contributed by atoms with Crippen LogP contribution in [0.1, 0.15) is 18.1 Å². The normalized spacial score (nSPS) is 24.6. The predicted molar refractivity (Wildman–Crippen MR) is 68.6 cm³/mol. The minimum atomic E-state index is 0.296. The maximum absolute atomic E-state index is 5.90. The molecule has 1 fully saturated rings. The molecule has 2 unspecified atom stereocenters. The maximum Gasteiger partial charge on any atom is 0.125 e. The van der Waals surface area contributed by atoms with Crippen LogP contribution in [0.2, 0.25) is 0 Å². The van der Waals surface area contributed by atoms with Crippen LogP contribution in [-0.4, -0.2) is 31.9 Å². The number of hydrogen-bond donors (Lipinski definition) is 1. The standard InChI is InChI=1S/C14H21NO2/c1-10-5-4-6-11(2)14(10)17-9-13-8-16-12(3)7-15-13/h4-6,12-13,15H,7-9H2,1-3H3. The molecule has 0 amide bonds. The van der Waals surface area contributed by atoms with Gasteiger partial charge in [0.2, 0.25) is 0 Å². The minimum Gasteiger partial charge on any atom is -0.491 e. The van der Waals surface area contributed by atoms with Crippen LogP contribution in [0.15, 0.2) is 18.2 Å². The fraction of sp³-hybridized carbons (Fsp3) is 0.571. The van der Waals surface area contributed by atoms with Crippen LogP contribution in [0, 0.1) is 13.8 Å². The summed E-state index contributed by atoms with van der Waals surface area (Å²) >= 11 is 0. The number of hydrogen-bond acceptors (Lipinski definition) is 3. The van der Waals surface area contributed by atoms with Gasteiger partial charge >= 0.3 is 0 Å². The predicted octanol–water partition coefficient (Wildman–Crippen LogP) is 2.06. The van der Waals surface area contributed by atoms with E-state index in [9.17, 15) is 0 Å². The Balaban J connectivity index is 1.89. The number of rotatable bonds is 3. The largest absolute Gasteiger partial charge is 0.491 e. The van der Waals surface area contributed by atoms with Crippen molar-refractivity contribution in [3.63, 3.8) is 0 Å². The van der Waals surface area contributed by atoms with E-state index >= 15 is 0 Å². The summed E-state index contributed by atoms with van der Waals surface area (Å²) in [5, 5.41) is 3.43. The molecule has 1 aromatic carbocycles. The van der Waals surface area contributed by atoms with E-state index in [1.54, 1.807) is 0 Å². The van der Waals surface area contributed by atoms with E-state index < -0.39 is 0 Å². The molecule has 0 aliphatic carbocycles. The molecule has 0 aromatic heterocycles. The third kappa shape index (κ3) is 3.20. The molecule has 2 rings (SSSR count). The molecule has 1 aromatic rings. The van der Waals surface area contributed by atoms with Crippen LogP contribution in [0.25, 0.3) is 0 Å². The lowest BCUT2D eigenvalue weighted by Gasteiger charge is -2.28. The van der Waals surface area contributed by atoms with Crippen LogP contribution < -0.4 is 10.1 Å². The molecular formula is C14H21NO2. The topological polar surface area (TPSA) is 30.5 Å². The molecule has 2 atom stereocenters. The van der Waals surface area contributed by atoms with Gasteiger partial charge in [0.05, 0.1) is 18.8 Å². The number of para-hydroxylation sites is 1. The SMILES string of the molecule is Cc1cccc(C)c1OCC1COC(C)CN1. The average molecular weight is 235 g/mol. The van der Waals surface area contributed by atoms with Crippen molar-refractivity contribution in [2.24, 2.45) is 0 Å². The highest BCUT2D eigenvalue weighted by atomic mass is 16.5. The Bertz CT molecular complexity index is 350. The van der Waals surface area contributed by atoms with Gasteiger partial charge in [-0.2, -0.15) is 0 Å². The Morgan fingerprint density at radius 2 is 2.06 bits per heavy atom. The van der Waals surface area contributed by atoms with Crippen molar-refractivity contribution in [2.75, 3.05) is 19.8 Å². The first-order valence-electron chi connectivity index (χ1n) is 6.21. The monoisotopic (exact) mass is 235 g/mol. The summed E-state index contributed by atoms with van der Waals surface area (Å²) in [6.07, 6.45) is 0.312. The van der Waals surface area contributed by atoms with Crippen molar-refractivity contribution in [1.29, 1.82) is 0 Å². The summed E-state index contributed by atoms with van der Waals surface area (Å²) in [5.41, 5.74) is 2.38. The molecule has 3 heteroatoms. The Kier molecular flexibility index (Phi) is 4.02. The highest BCUT2D eigenvalue weighted by Gasteiger charge is 2.18. The van der Waals surface area contributed by atoms with E-state index in [1.165, 1.54) is 11.1 Å². The van der Waals surface area contributed by atoms with Gasteiger partial charge in [-0.1, -0.05) is 18.2 Å². The van der Waals surface area contributed by atoms with Gasteiger partial charge < -0.3 is 14.8 Å². The summed E-state index contributed by atoms with van der Waals surface area (Å²) in [4.78, 5) is 0. The van der Waals surface area contributed by atoms with Crippen LogP contribution in [0.3, 0.4) is 0 Å². The second-order valence-electron chi connectivity index (χ2n) is 4.78. The average Bonchev–Trinajstić information content (AvgIpc) is 2.31. The lowest BCUT2D eigenvalue weighted by atomic mass is 10.1. The van der Waals surface area contributed by atoms with Gasteiger partial charge in [-0.05, 0) is 31.9 Å². The van der Waals surface area contributed by atoms with Crippen molar-refractivity contribution in [3.05, 3.63) is 29.3 Å². The Morgan fingerprint density at radius 1 is 1.35 bits per heavy atom. The van der Waals surface area contributed by atoms with Gasteiger partial charge in [0.25, 0.3) is 0 Å². The number of nitrogens with one attached hydrogen (secondary N) is 1. The van der Waals surface area contributed by atoms with Crippen molar-refractivity contribution >= 4 is 0 Å². The molecule has 0 bridgehead atoms. The smallest absolute Gasteiger partial charge is 0.125 e. The molecule has 3 nitrogen and oxygen atoms in total. The van der Waals surface area contributed by atoms with Gasteiger partial charge in [0.15, 0.2) is 0 Å². The first-order valence-corrected chi connectivity index (χ1v) is 6.21. The zero-order chi connectivity index (χ0) is 12.3. The van der Waals surface area contributed by atoms with E-state index in [0.29, 0.717) is 18.8 Å². The van der Waals surface area contributed by atoms with Gasteiger partial charge in [-0.25, -0.2) is 0 Å². The Hall–Kier alpha value is -1.06. The molecule has 1 aliphatic heterocycles. The molecule has 17 heavy (non-hydrogen) atoms. The van der Waals surface area contributed by atoms with Gasteiger partial charge in [-0.15, -0.1) is 0 Å². The number of aryl methyl sites for hydroxylation is 2. The molecule has 1 N–H and O–H groups in total. The minimum absolute atomic E-state index is 0.296. The van der Waals surface area contributed by atoms with E-state index in [2.05, 4.69) is 44.3 Å². The Morgan fingerprint density at radius 3 is 2.65 bits per heavy atom. The van der Waals surface area contributed by atoms with Crippen LogP contribution in [0.4, 0.5) is 0 Å². The van der Waals surface area contributed by atoms with Gasteiger partial charge in [0, 0.05) is 6.54 Å². The molecule has 94 valence electrons. The highest BCUT2D eigenvalue weighted by Crippen LogP contribution is 2.22. The van der Waals surface area contributed by atoms with Crippen molar-refractivity contribution < 1.29 is 9.47 Å². The van der Waals surface area contributed by atoms with E-state index in [0.717, 1.165) is 18.9 Å². The van der Waals surface area contributed by atoms with Crippen molar-refractivity contribution in [1.82, 2.24) is 5.32 Å². The number of morpholine rings is 1. The van der Waals surface area contributed by atoms with Gasteiger partial charge in [-0.3, -0.25) is 0 Å². The molecule has 0 saturated carbocycles. The molecule has 1 saturated heterocycles. The van der Waals surface area contributed by atoms with Crippen LogP contribution in [-0.2, 0) is 4.74 Å². The van der Waals surface area contributed by atoms with Crippen molar-refractivity contribution in [3.8, 4) is 5.75 Å². The lowest BCUT2D eigenvalue weighted by Crippen LogP contribution is -2.48. The van der Waals surface area contributed by atoms with Crippen LogP contribution in [0.5, 0.6) is 5.75 Å². The van der Waals surface area contributed by atoms with Gasteiger partial charge in [0.1, 0.15) is 12.4 Å². The van der Waals surface area contributed by atoms with E-state index in [4.69, 9.17) is 9.47 Å². The third-order valence-electron chi connectivity index (χ3n) is 3.11. The van der Waals surface area contributed by atoms with Crippen molar-refractivity contribution in [2.45, 2.75) is 32.9 Å². The molecule has 1 aliphatic rings. The van der Waals surface area contributed by atoms with Crippen LogP contribution >= 0.6 is 0 Å². The first-order chi connectivity index (χ1) is 8.16. The fourth-order valence-corrected chi connectivity index (χ4v) is 2.05. The van der Waals surface area contributed by atoms with E-state index in [-0.39, 0.29) is 0 Å². The molecule has 1 heterocycles. The number of ether oxygens (including phenoxy) is 2. The summed E-state index contributed by atoms with van der Waals surface area (Å²) < 4.78 is 11.5. The summed E-state index contributed by atoms with van der Waals surface area (Å²) in [7, 11) is 0. The summed E-state index contributed by atoms with van der Waals surface area (Å²) in [6.45, 7) is 8.53. The molecular weight excluding hydrogens is 214 g/mol. The lowest BCUT2D eigenvalue weighted by molar-refractivity contribution is 0.00444. The molecule has 0 spiro atoms.